The van der Waals surface area contributed by atoms with Crippen LogP contribution in [0.3, 0.4) is 0 Å². The van der Waals surface area contributed by atoms with Crippen LogP contribution < -0.4 is 0 Å². The first kappa shape index (κ1) is 17.2. The Morgan fingerprint density at radius 3 is 2.41 bits per heavy atom. The van der Waals surface area contributed by atoms with Crippen molar-refractivity contribution in [3.8, 4) is 6.07 Å². The molecule has 0 radical (unpaired) electrons. The van der Waals surface area contributed by atoms with E-state index >= 15 is 0 Å². The van der Waals surface area contributed by atoms with E-state index in [0.717, 1.165) is 0 Å². The third-order valence-electron chi connectivity index (χ3n) is 3.58. The molecule has 4 nitrogen and oxygen atoms in total. The fourth-order valence-electron chi connectivity index (χ4n) is 2.03. The molecule has 0 atom stereocenters. The summed E-state index contributed by atoms with van der Waals surface area (Å²) in [6.45, 7) is 0.156. The van der Waals surface area contributed by atoms with Crippen molar-refractivity contribution in [1.82, 2.24) is 4.31 Å². The van der Waals surface area contributed by atoms with Gasteiger partial charge in [0.05, 0.1) is 17.2 Å². The normalized spacial score (nSPS) is 16.7. The molecule has 0 spiro atoms. The lowest BCUT2D eigenvalue weighted by Crippen LogP contribution is -2.32. The number of rotatable bonds is 7. The monoisotopic (exact) mass is 346 g/mol. The van der Waals surface area contributed by atoms with Crippen LogP contribution in [0, 0.1) is 16.7 Å². The summed E-state index contributed by atoms with van der Waals surface area (Å²) < 4.78 is 50.1. The van der Waals surface area contributed by atoms with Gasteiger partial charge in [-0.3, -0.25) is 0 Å². The van der Waals surface area contributed by atoms with Crippen molar-refractivity contribution in [2.24, 2.45) is 5.41 Å². The average molecular weight is 346 g/mol. The lowest BCUT2D eigenvalue weighted by atomic mass is 10.2. The van der Waals surface area contributed by atoms with Gasteiger partial charge in [0.2, 0.25) is 10.0 Å². The second-order valence-corrected chi connectivity index (χ2v) is 8.57. The minimum Gasteiger partial charge on any atom is -0.212 e. The zero-order chi connectivity index (χ0) is 16.4. The van der Waals surface area contributed by atoms with Crippen molar-refractivity contribution in [3.63, 3.8) is 0 Å². The van der Waals surface area contributed by atoms with E-state index < -0.39 is 21.2 Å². The van der Waals surface area contributed by atoms with Crippen molar-refractivity contribution in [3.05, 3.63) is 29.8 Å². The minimum absolute atomic E-state index is 0.156. The maximum absolute atomic E-state index is 12.2. The molecular formula is C14H16F2N2O2S2. The van der Waals surface area contributed by atoms with Gasteiger partial charge in [-0.05, 0) is 30.5 Å². The molecule has 1 aliphatic rings. The van der Waals surface area contributed by atoms with Gasteiger partial charge in [0, 0.05) is 18.5 Å². The Labute approximate surface area is 133 Å². The average Bonchev–Trinajstić information content (AvgIpc) is 3.20. The van der Waals surface area contributed by atoms with E-state index in [1.807, 2.05) is 0 Å². The summed E-state index contributed by atoms with van der Waals surface area (Å²) >= 11 is 0.449. The van der Waals surface area contributed by atoms with E-state index in [9.17, 15) is 17.2 Å². The van der Waals surface area contributed by atoms with Crippen molar-refractivity contribution in [1.29, 1.82) is 5.26 Å². The minimum atomic E-state index is -3.51. The summed E-state index contributed by atoms with van der Waals surface area (Å²) in [7, 11) is -2.05. The number of halogens is 2. The molecular weight excluding hydrogens is 330 g/mol. The predicted octanol–water partition coefficient (Wildman–Crippen LogP) is 3.07. The van der Waals surface area contributed by atoms with E-state index in [4.69, 9.17) is 5.26 Å². The first-order valence-corrected chi connectivity index (χ1v) is 9.14. The van der Waals surface area contributed by atoms with Crippen LogP contribution in [0.1, 0.15) is 18.4 Å². The van der Waals surface area contributed by atoms with Crippen LogP contribution in [-0.2, 0) is 16.6 Å². The summed E-state index contributed by atoms with van der Waals surface area (Å²) in [5, 5.41) is 9.00. The van der Waals surface area contributed by atoms with Gasteiger partial charge in [-0.25, -0.2) is 12.7 Å². The molecule has 1 aromatic rings. The van der Waals surface area contributed by atoms with Gasteiger partial charge in [-0.15, -0.1) is 0 Å². The molecule has 1 saturated carbocycles. The fourth-order valence-corrected chi connectivity index (χ4v) is 4.15. The number of sulfonamides is 1. The van der Waals surface area contributed by atoms with Crippen LogP contribution in [0.4, 0.5) is 8.78 Å². The highest BCUT2D eigenvalue weighted by Crippen LogP contribution is 2.46. The largest absolute Gasteiger partial charge is 0.288 e. The van der Waals surface area contributed by atoms with Crippen LogP contribution in [-0.4, -0.2) is 31.3 Å². The van der Waals surface area contributed by atoms with Gasteiger partial charge >= 0.3 is 0 Å². The Balaban J connectivity index is 1.99. The predicted molar refractivity (Wildman–Crippen MR) is 80.8 cm³/mol. The highest BCUT2D eigenvalue weighted by Gasteiger charge is 2.47. The van der Waals surface area contributed by atoms with E-state index in [-0.39, 0.29) is 12.3 Å². The Hall–Kier alpha value is -1.17. The van der Waals surface area contributed by atoms with Gasteiger partial charge < -0.3 is 0 Å². The molecule has 0 bridgehead atoms. The Morgan fingerprint density at radius 1 is 1.36 bits per heavy atom. The van der Waals surface area contributed by atoms with Crippen LogP contribution in [0.5, 0.6) is 0 Å². The van der Waals surface area contributed by atoms with Crippen LogP contribution in [0.2, 0.25) is 0 Å². The molecule has 0 heterocycles. The third kappa shape index (κ3) is 4.41. The Bertz CT molecular complexity index is 665. The molecule has 22 heavy (non-hydrogen) atoms. The maximum Gasteiger partial charge on any atom is 0.288 e. The molecule has 0 aliphatic heterocycles. The number of hydrogen-bond donors (Lipinski definition) is 0. The first-order valence-electron chi connectivity index (χ1n) is 6.65. The van der Waals surface area contributed by atoms with Gasteiger partial charge in [0.15, 0.2) is 0 Å². The second-order valence-electron chi connectivity index (χ2n) is 5.43. The van der Waals surface area contributed by atoms with Crippen molar-refractivity contribution < 1.29 is 17.2 Å². The number of nitriles is 1. The lowest BCUT2D eigenvalue weighted by molar-refractivity contribution is 0.252. The highest BCUT2D eigenvalue weighted by molar-refractivity contribution is 7.99. The fraction of sp³-hybridized carbons (Fsp3) is 0.500. The molecule has 2 rings (SSSR count). The molecule has 8 heteroatoms. The van der Waals surface area contributed by atoms with Gasteiger partial charge in [0.1, 0.15) is 0 Å². The lowest BCUT2D eigenvalue weighted by Gasteiger charge is -2.19. The Morgan fingerprint density at radius 2 is 1.95 bits per heavy atom. The van der Waals surface area contributed by atoms with Crippen molar-refractivity contribution in [2.45, 2.75) is 30.0 Å². The summed E-state index contributed by atoms with van der Waals surface area (Å²) in [5.41, 5.74) is -0.00306. The summed E-state index contributed by atoms with van der Waals surface area (Å²) in [6.07, 6.45) is 1.24. The number of thioether (sulfide) groups is 1. The zero-order valence-electron chi connectivity index (χ0n) is 12.0. The van der Waals surface area contributed by atoms with Gasteiger partial charge in [0.25, 0.3) is 5.76 Å². The smallest absolute Gasteiger partial charge is 0.212 e. The second kappa shape index (κ2) is 6.52. The summed E-state index contributed by atoms with van der Waals surface area (Å²) in [4.78, 5) is 0.436. The number of alkyl halides is 2. The first-order chi connectivity index (χ1) is 10.3. The van der Waals surface area contributed by atoms with E-state index in [0.29, 0.717) is 35.1 Å². The standard InChI is InChI=1S/C14H16F2N2O2S2/c1-18(22(19,20)10-14(9-17)6-7-14)8-11-2-4-12(5-3-11)21-13(15)16/h2-5,13H,6-8,10H2,1H3. The van der Waals surface area contributed by atoms with Crippen LogP contribution in [0.15, 0.2) is 29.2 Å². The third-order valence-corrected chi connectivity index (χ3v) is 6.30. The van der Waals surface area contributed by atoms with Gasteiger partial charge in [-0.1, -0.05) is 23.9 Å². The topological polar surface area (TPSA) is 61.2 Å². The SMILES string of the molecule is CN(Cc1ccc(SC(F)F)cc1)S(=O)(=O)CC1(C#N)CC1. The molecule has 0 saturated heterocycles. The number of hydrogen-bond acceptors (Lipinski definition) is 4. The molecule has 0 unspecified atom stereocenters. The van der Waals surface area contributed by atoms with Crippen molar-refractivity contribution >= 4 is 21.8 Å². The van der Waals surface area contributed by atoms with E-state index in [1.165, 1.54) is 11.4 Å². The summed E-state index contributed by atoms with van der Waals surface area (Å²) in [6, 6.07) is 8.43. The number of nitrogens with zero attached hydrogens (tertiary/aromatic N) is 2. The number of benzene rings is 1. The molecule has 0 N–H and O–H groups in total. The molecule has 1 aliphatic carbocycles. The zero-order valence-corrected chi connectivity index (χ0v) is 13.6. The maximum atomic E-state index is 12.2. The molecule has 1 aromatic carbocycles. The summed E-state index contributed by atoms with van der Waals surface area (Å²) in [5.74, 6) is -2.64. The quantitative estimate of drug-likeness (QED) is 0.712. The van der Waals surface area contributed by atoms with Crippen LogP contribution in [0.25, 0.3) is 0 Å². The highest BCUT2D eigenvalue weighted by atomic mass is 32.2. The van der Waals surface area contributed by atoms with E-state index in [1.54, 1.807) is 24.3 Å². The van der Waals surface area contributed by atoms with Gasteiger partial charge in [-0.2, -0.15) is 14.0 Å². The van der Waals surface area contributed by atoms with Crippen LogP contribution >= 0.6 is 11.8 Å². The molecule has 0 aromatic heterocycles. The van der Waals surface area contributed by atoms with E-state index in [2.05, 4.69) is 6.07 Å². The molecule has 120 valence electrons. The van der Waals surface area contributed by atoms with Crippen molar-refractivity contribution in [2.75, 3.05) is 12.8 Å². The molecule has 0 amide bonds. The molecule has 1 fully saturated rings. The Kier molecular flexibility index (Phi) is 5.10.